The second-order valence-corrected chi connectivity index (χ2v) is 9.09. The zero-order valence-electron chi connectivity index (χ0n) is 15.9. The van der Waals surface area contributed by atoms with Crippen LogP contribution in [0.15, 0.2) is 54.7 Å². The van der Waals surface area contributed by atoms with Gasteiger partial charge in [-0.1, -0.05) is 29.8 Å². The van der Waals surface area contributed by atoms with E-state index >= 15 is 0 Å². The molecule has 1 aliphatic heterocycles. The Bertz CT molecular complexity index is 941. The minimum absolute atomic E-state index is 0.0621. The Morgan fingerprint density at radius 2 is 1.83 bits per heavy atom. The molecule has 9 heteroatoms. The van der Waals surface area contributed by atoms with Gasteiger partial charge in [0.15, 0.2) is 0 Å². The van der Waals surface area contributed by atoms with E-state index in [9.17, 15) is 13.2 Å². The second kappa shape index (κ2) is 9.87. The average molecular weight is 435 g/mol. The summed E-state index contributed by atoms with van der Waals surface area (Å²) in [6.45, 7) is 2.05. The van der Waals surface area contributed by atoms with E-state index in [0.717, 1.165) is 11.4 Å². The standard InChI is InChI=1S/C20H23ClN4O3S/c21-18-7-4-17(5-8-18)6-9-20(26)23-11-16-29(27,28)25-14-12-24(13-15-25)19-3-1-2-10-22-19/h1-10H,11-16H2,(H,23,26)/b9-6+. The Labute approximate surface area is 176 Å². The van der Waals surface area contributed by atoms with Crippen LogP contribution in [-0.4, -0.2) is 62.1 Å². The van der Waals surface area contributed by atoms with Gasteiger partial charge in [0.2, 0.25) is 15.9 Å². The molecule has 0 saturated carbocycles. The molecule has 1 aromatic carbocycles. The van der Waals surface area contributed by atoms with Crippen molar-refractivity contribution in [3.05, 3.63) is 65.3 Å². The predicted molar refractivity (Wildman–Crippen MR) is 115 cm³/mol. The number of pyridine rings is 1. The van der Waals surface area contributed by atoms with Gasteiger partial charge < -0.3 is 10.2 Å². The lowest BCUT2D eigenvalue weighted by Crippen LogP contribution is -2.50. The van der Waals surface area contributed by atoms with E-state index in [0.29, 0.717) is 31.2 Å². The molecule has 1 fully saturated rings. The van der Waals surface area contributed by atoms with Crippen molar-refractivity contribution in [1.29, 1.82) is 0 Å². The first-order chi connectivity index (χ1) is 13.9. The van der Waals surface area contributed by atoms with Crippen LogP contribution in [0.5, 0.6) is 0 Å². The number of nitrogens with zero attached hydrogens (tertiary/aromatic N) is 3. The Morgan fingerprint density at radius 1 is 1.10 bits per heavy atom. The fourth-order valence-electron chi connectivity index (χ4n) is 2.97. The summed E-state index contributed by atoms with van der Waals surface area (Å²) < 4.78 is 26.5. The first-order valence-corrected chi connectivity index (χ1v) is 11.3. The number of halogens is 1. The minimum Gasteiger partial charge on any atom is -0.354 e. The van der Waals surface area contributed by atoms with E-state index in [1.807, 2.05) is 18.2 Å². The second-order valence-electron chi connectivity index (χ2n) is 6.57. The summed E-state index contributed by atoms with van der Waals surface area (Å²) in [4.78, 5) is 18.3. The molecule has 0 unspecified atom stereocenters. The van der Waals surface area contributed by atoms with Crippen LogP contribution >= 0.6 is 11.6 Å². The molecule has 1 N–H and O–H groups in total. The van der Waals surface area contributed by atoms with Gasteiger partial charge in [-0.3, -0.25) is 4.79 Å². The van der Waals surface area contributed by atoms with Gasteiger partial charge in [0.1, 0.15) is 5.82 Å². The number of piperazine rings is 1. The monoisotopic (exact) mass is 434 g/mol. The SMILES string of the molecule is O=C(/C=C/c1ccc(Cl)cc1)NCCS(=O)(=O)N1CCN(c2ccccn2)CC1. The van der Waals surface area contributed by atoms with E-state index in [1.165, 1.54) is 10.4 Å². The lowest BCUT2D eigenvalue weighted by Gasteiger charge is -2.34. The van der Waals surface area contributed by atoms with Gasteiger partial charge in [0.05, 0.1) is 5.75 Å². The third kappa shape index (κ3) is 6.28. The van der Waals surface area contributed by atoms with Crippen LogP contribution in [0.1, 0.15) is 5.56 Å². The number of hydrogen-bond acceptors (Lipinski definition) is 5. The molecule has 0 atom stereocenters. The van der Waals surface area contributed by atoms with E-state index in [1.54, 1.807) is 36.5 Å². The Balaban J connectivity index is 1.43. The number of amides is 1. The van der Waals surface area contributed by atoms with E-state index < -0.39 is 10.0 Å². The van der Waals surface area contributed by atoms with Gasteiger partial charge in [0, 0.05) is 50.0 Å². The third-order valence-corrected chi connectivity index (χ3v) is 6.69. The average Bonchev–Trinajstić information content (AvgIpc) is 2.74. The molecule has 0 radical (unpaired) electrons. The Hall–Kier alpha value is -2.42. The summed E-state index contributed by atoms with van der Waals surface area (Å²) in [5.41, 5.74) is 0.836. The molecule has 2 aromatic rings. The third-order valence-electron chi connectivity index (χ3n) is 4.56. The molecule has 29 heavy (non-hydrogen) atoms. The first-order valence-electron chi connectivity index (χ1n) is 9.29. The van der Waals surface area contributed by atoms with E-state index in [2.05, 4.69) is 15.2 Å². The van der Waals surface area contributed by atoms with Crippen molar-refractivity contribution in [3.8, 4) is 0 Å². The number of carbonyl (C=O) groups is 1. The van der Waals surface area contributed by atoms with E-state index in [4.69, 9.17) is 11.6 Å². The highest BCUT2D eigenvalue weighted by atomic mass is 35.5. The molecule has 7 nitrogen and oxygen atoms in total. The van der Waals surface area contributed by atoms with Crippen LogP contribution in [0, 0.1) is 0 Å². The molecule has 2 heterocycles. The first kappa shape index (κ1) is 21.3. The molecular formula is C20H23ClN4O3S. The predicted octanol–water partition coefficient (Wildman–Crippen LogP) is 2.02. The van der Waals surface area contributed by atoms with E-state index in [-0.39, 0.29) is 18.2 Å². The fourth-order valence-corrected chi connectivity index (χ4v) is 4.44. The van der Waals surface area contributed by atoms with Crippen LogP contribution in [0.4, 0.5) is 5.82 Å². The number of anilines is 1. The summed E-state index contributed by atoms with van der Waals surface area (Å²) in [5, 5.41) is 3.24. The van der Waals surface area contributed by atoms with Gasteiger partial charge in [-0.05, 0) is 35.9 Å². The fraction of sp³-hybridized carbons (Fsp3) is 0.300. The number of carbonyl (C=O) groups excluding carboxylic acids is 1. The maximum atomic E-state index is 12.5. The molecule has 0 spiro atoms. The number of sulfonamides is 1. The van der Waals surface area contributed by atoms with Crippen molar-refractivity contribution in [2.75, 3.05) is 43.4 Å². The van der Waals surface area contributed by atoms with Crippen molar-refractivity contribution in [1.82, 2.24) is 14.6 Å². The van der Waals surface area contributed by atoms with Crippen LogP contribution in [0.25, 0.3) is 6.08 Å². The quantitative estimate of drug-likeness (QED) is 0.674. The van der Waals surface area contributed by atoms with Crippen molar-refractivity contribution in [3.63, 3.8) is 0 Å². The highest BCUT2D eigenvalue weighted by molar-refractivity contribution is 7.89. The van der Waals surface area contributed by atoms with Crippen LogP contribution in [-0.2, 0) is 14.8 Å². The summed E-state index contributed by atoms with van der Waals surface area (Å²) in [7, 11) is -3.42. The molecule has 1 aliphatic rings. The zero-order valence-corrected chi connectivity index (χ0v) is 17.4. The molecule has 154 valence electrons. The van der Waals surface area contributed by atoms with Crippen molar-refractivity contribution >= 4 is 39.4 Å². The summed E-state index contributed by atoms with van der Waals surface area (Å²) in [5.74, 6) is 0.385. The molecule has 1 saturated heterocycles. The van der Waals surface area contributed by atoms with Crippen molar-refractivity contribution in [2.45, 2.75) is 0 Å². The summed E-state index contributed by atoms with van der Waals surface area (Å²) in [6.07, 6.45) is 4.75. The van der Waals surface area contributed by atoms with Gasteiger partial charge in [-0.2, -0.15) is 4.31 Å². The molecule has 3 rings (SSSR count). The minimum atomic E-state index is -3.42. The summed E-state index contributed by atoms with van der Waals surface area (Å²) in [6, 6.07) is 12.7. The number of aromatic nitrogens is 1. The number of hydrogen-bond donors (Lipinski definition) is 1. The molecule has 0 aliphatic carbocycles. The van der Waals surface area contributed by atoms with Crippen LogP contribution in [0.2, 0.25) is 5.02 Å². The highest BCUT2D eigenvalue weighted by Crippen LogP contribution is 2.14. The lowest BCUT2D eigenvalue weighted by molar-refractivity contribution is -0.116. The van der Waals surface area contributed by atoms with Gasteiger partial charge >= 0.3 is 0 Å². The van der Waals surface area contributed by atoms with Crippen molar-refractivity contribution in [2.24, 2.45) is 0 Å². The Morgan fingerprint density at radius 3 is 2.48 bits per heavy atom. The summed E-state index contributed by atoms with van der Waals surface area (Å²) >= 11 is 5.82. The number of rotatable bonds is 7. The molecule has 1 aromatic heterocycles. The van der Waals surface area contributed by atoms with Crippen LogP contribution < -0.4 is 10.2 Å². The molecule has 1 amide bonds. The van der Waals surface area contributed by atoms with Gasteiger partial charge in [-0.15, -0.1) is 0 Å². The Kier molecular flexibility index (Phi) is 7.24. The van der Waals surface area contributed by atoms with Gasteiger partial charge in [0.25, 0.3) is 0 Å². The highest BCUT2D eigenvalue weighted by Gasteiger charge is 2.27. The zero-order chi connectivity index (χ0) is 20.7. The molecule has 0 bridgehead atoms. The maximum Gasteiger partial charge on any atom is 0.244 e. The van der Waals surface area contributed by atoms with Crippen LogP contribution in [0.3, 0.4) is 0 Å². The maximum absolute atomic E-state index is 12.5. The lowest BCUT2D eigenvalue weighted by atomic mass is 10.2. The van der Waals surface area contributed by atoms with Crippen molar-refractivity contribution < 1.29 is 13.2 Å². The normalized spacial score (nSPS) is 15.6. The molecular weight excluding hydrogens is 412 g/mol. The van der Waals surface area contributed by atoms with Gasteiger partial charge in [-0.25, -0.2) is 13.4 Å². The topological polar surface area (TPSA) is 82.6 Å². The number of nitrogens with one attached hydrogen (secondary N) is 1. The smallest absolute Gasteiger partial charge is 0.244 e. The number of benzene rings is 1. The largest absolute Gasteiger partial charge is 0.354 e.